The van der Waals surface area contributed by atoms with E-state index in [0.717, 1.165) is 11.3 Å². The van der Waals surface area contributed by atoms with Crippen LogP contribution in [0.5, 0.6) is 0 Å². The minimum atomic E-state index is -1.03. The zero-order valence-electron chi connectivity index (χ0n) is 8.27. The van der Waals surface area contributed by atoms with E-state index in [2.05, 4.69) is 10.2 Å². The summed E-state index contributed by atoms with van der Waals surface area (Å²) in [5, 5.41) is 15.7. The molecule has 0 bridgehead atoms. The average Bonchev–Trinajstić information content (AvgIpc) is 2.66. The normalized spacial score (nSPS) is 10.3. The molecule has 0 saturated carbocycles. The topological polar surface area (TPSA) is 66.0 Å². The highest BCUT2D eigenvalue weighted by atomic mass is 35.5. The highest BCUT2D eigenvalue weighted by molar-refractivity contribution is 6.30. The number of aromatic amines is 1. The van der Waals surface area contributed by atoms with Gasteiger partial charge in [-0.3, -0.25) is 5.10 Å². The number of carbonyl (C=O) groups is 1. The molecule has 0 radical (unpaired) electrons. The van der Waals surface area contributed by atoms with Crippen LogP contribution in [0.3, 0.4) is 0 Å². The van der Waals surface area contributed by atoms with Gasteiger partial charge in [0.15, 0.2) is 5.69 Å². The number of nitrogens with zero attached hydrogens (tertiary/aromatic N) is 1. The van der Waals surface area contributed by atoms with Gasteiger partial charge in [0, 0.05) is 17.1 Å². The lowest BCUT2D eigenvalue weighted by Gasteiger charge is -1.98. The Morgan fingerprint density at radius 3 is 2.88 bits per heavy atom. The fourth-order valence-corrected chi connectivity index (χ4v) is 1.64. The molecule has 4 nitrogen and oxygen atoms in total. The molecule has 1 heterocycles. The van der Waals surface area contributed by atoms with Crippen LogP contribution in [0, 0.1) is 0 Å². The van der Waals surface area contributed by atoms with Crippen molar-refractivity contribution in [3.8, 4) is 0 Å². The Balaban J connectivity index is 2.17. The van der Waals surface area contributed by atoms with Crippen molar-refractivity contribution < 1.29 is 9.90 Å². The van der Waals surface area contributed by atoms with E-state index in [9.17, 15) is 4.79 Å². The van der Waals surface area contributed by atoms with Crippen molar-refractivity contribution in [2.24, 2.45) is 0 Å². The van der Waals surface area contributed by atoms with Gasteiger partial charge in [-0.2, -0.15) is 5.10 Å². The van der Waals surface area contributed by atoms with Gasteiger partial charge in [-0.1, -0.05) is 23.7 Å². The number of carboxylic acid groups (broad SMARTS) is 1. The maximum Gasteiger partial charge on any atom is 0.356 e. The molecule has 0 unspecified atom stereocenters. The van der Waals surface area contributed by atoms with Crippen LogP contribution in [-0.2, 0) is 6.42 Å². The molecule has 16 heavy (non-hydrogen) atoms. The quantitative estimate of drug-likeness (QED) is 0.860. The van der Waals surface area contributed by atoms with Crippen molar-refractivity contribution >= 4 is 17.6 Å². The smallest absolute Gasteiger partial charge is 0.356 e. The minimum Gasteiger partial charge on any atom is -0.476 e. The lowest BCUT2D eigenvalue weighted by atomic mass is 10.1. The van der Waals surface area contributed by atoms with Crippen molar-refractivity contribution in [2.45, 2.75) is 6.42 Å². The predicted octanol–water partition coefficient (Wildman–Crippen LogP) is 2.35. The SMILES string of the molecule is O=C(O)c1cc(Cc2cccc(Cl)c2)[nH]n1. The molecule has 1 aromatic carbocycles. The molecule has 0 atom stereocenters. The first-order valence-corrected chi connectivity index (χ1v) is 5.05. The van der Waals surface area contributed by atoms with E-state index in [1.54, 1.807) is 6.07 Å². The molecule has 2 aromatic rings. The van der Waals surface area contributed by atoms with Crippen molar-refractivity contribution in [1.29, 1.82) is 0 Å². The second kappa shape index (κ2) is 4.37. The van der Waals surface area contributed by atoms with E-state index < -0.39 is 5.97 Å². The number of hydrogen-bond donors (Lipinski definition) is 2. The number of rotatable bonds is 3. The number of aromatic carboxylic acids is 1. The summed E-state index contributed by atoms with van der Waals surface area (Å²) in [4.78, 5) is 10.6. The van der Waals surface area contributed by atoms with Crippen LogP contribution >= 0.6 is 11.6 Å². The summed E-state index contributed by atoms with van der Waals surface area (Å²) >= 11 is 5.85. The van der Waals surface area contributed by atoms with Crippen LogP contribution < -0.4 is 0 Å². The maximum absolute atomic E-state index is 10.6. The van der Waals surface area contributed by atoms with Gasteiger partial charge in [-0.25, -0.2) is 4.79 Å². The lowest BCUT2D eigenvalue weighted by molar-refractivity contribution is 0.0690. The molecule has 1 aromatic heterocycles. The molecule has 0 aliphatic rings. The summed E-state index contributed by atoms with van der Waals surface area (Å²) in [5.74, 6) is -1.03. The van der Waals surface area contributed by atoms with E-state index in [1.165, 1.54) is 6.07 Å². The second-order valence-corrected chi connectivity index (χ2v) is 3.83. The van der Waals surface area contributed by atoms with Gasteiger partial charge in [0.05, 0.1) is 0 Å². The molecule has 2 rings (SSSR count). The Morgan fingerprint density at radius 1 is 1.44 bits per heavy atom. The number of nitrogens with one attached hydrogen (secondary N) is 1. The van der Waals surface area contributed by atoms with E-state index in [4.69, 9.17) is 16.7 Å². The molecule has 0 saturated heterocycles. The number of aromatic nitrogens is 2. The van der Waals surface area contributed by atoms with E-state index >= 15 is 0 Å². The number of benzene rings is 1. The van der Waals surface area contributed by atoms with Crippen LogP contribution in [0.1, 0.15) is 21.7 Å². The third kappa shape index (κ3) is 2.41. The number of hydrogen-bond acceptors (Lipinski definition) is 2. The summed E-state index contributed by atoms with van der Waals surface area (Å²) < 4.78 is 0. The van der Waals surface area contributed by atoms with Gasteiger partial charge in [-0.05, 0) is 23.8 Å². The van der Waals surface area contributed by atoms with Gasteiger partial charge in [0.2, 0.25) is 0 Å². The molecule has 2 N–H and O–H groups in total. The first-order chi connectivity index (χ1) is 7.65. The highest BCUT2D eigenvalue weighted by Gasteiger charge is 2.08. The van der Waals surface area contributed by atoms with Crippen LogP contribution in [0.25, 0.3) is 0 Å². The van der Waals surface area contributed by atoms with Crippen LogP contribution in [-0.4, -0.2) is 21.3 Å². The monoisotopic (exact) mass is 236 g/mol. The van der Waals surface area contributed by atoms with Gasteiger partial charge in [0.25, 0.3) is 0 Å². The van der Waals surface area contributed by atoms with E-state index in [1.807, 2.05) is 18.2 Å². The summed E-state index contributed by atoms with van der Waals surface area (Å²) in [5.41, 5.74) is 1.78. The third-order valence-corrected chi connectivity index (χ3v) is 2.37. The number of carboxylic acids is 1. The molecule has 82 valence electrons. The molecular formula is C11H9ClN2O2. The summed E-state index contributed by atoms with van der Waals surface area (Å²) in [7, 11) is 0. The summed E-state index contributed by atoms with van der Waals surface area (Å²) in [6.45, 7) is 0. The Bertz CT molecular complexity index is 522. The van der Waals surface area contributed by atoms with Gasteiger partial charge in [0.1, 0.15) is 0 Å². The zero-order valence-corrected chi connectivity index (χ0v) is 9.03. The van der Waals surface area contributed by atoms with E-state index in [0.29, 0.717) is 11.4 Å². The fraction of sp³-hybridized carbons (Fsp3) is 0.0909. The van der Waals surface area contributed by atoms with Crippen molar-refractivity contribution in [2.75, 3.05) is 0 Å². The predicted molar refractivity (Wildman–Crippen MR) is 59.8 cm³/mol. The zero-order chi connectivity index (χ0) is 11.5. The Hall–Kier alpha value is -1.81. The first-order valence-electron chi connectivity index (χ1n) is 4.67. The highest BCUT2D eigenvalue weighted by Crippen LogP contribution is 2.14. The number of halogens is 1. The summed E-state index contributed by atoms with van der Waals surface area (Å²) in [6, 6.07) is 8.92. The van der Waals surface area contributed by atoms with E-state index in [-0.39, 0.29) is 5.69 Å². The first kappa shape index (κ1) is 10.7. The van der Waals surface area contributed by atoms with Crippen molar-refractivity contribution in [3.63, 3.8) is 0 Å². The third-order valence-electron chi connectivity index (χ3n) is 2.13. The molecule has 0 aliphatic heterocycles. The largest absolute Gasteiger partial charge is 0.476 e. The van der Waals surface area contributed by atoms with Gasteiger partial charge < -0.3 is 5.11 Å². The standard InChI is InChI=1S/C11H9ClN2O2/c12-8-3-1-2-7(4-8)5-9-6-10(11(15)16)14-13-9/h1-4,6H,5H2,(H,13,14)(H,15,16). The minimum absolute atomic E-state index is 0.0250. The molecule has 5 heteroatoms. The lowest BCUT2D eigenvalue weighted by Crippen LogP contribution is -1.95. The van der Waals surface area contributed by atoms with Gasteiger partial charge >= 0.3 is 5.97 Å². The maximum atomic E-state index is 10.6. The second-order valence-electron chi connectivity index (χ2n) is 3.39. The Labute approximate surface area is 96.9 Å². The average molecular weight is 237 g/mol. The molecule has 0 spiro atoms. The fourth-order valence-electron chi connectivity index (χ4n) is 1.43. The van der Waals surface area contributed by atoms with Crippen LogP contribution in [0.2, 0.25) is 5.02 Å². The summed E-state index contributed by atoms with van der Waals surface area (Å²) in [6.07, 6.45) is 0.584. The van der Waals surface area contributed by atoms with Crippen LogP contribution in [0.4, 0.5) is 0 Å². The molecule has 0 aliphatic carbocycles. The Morgan fingerprint density at radius 2 is 2.25 bits per heavy atom. The Kier molecular flexibility index (Phi) is 2.92. The molecular weight excluding hydrogens is 228 g/mol. The van der Waals surface area contributed by atoms with Crippen molar-refractivity contribution in [3.05, 3.63) is 52.3 Å². The number of H-pyrrole nitrogens is 1. The molecule has 0 fully saturated rings. The molecule has 0 amide bonds. The van der Waals surface area contributed by atoms with Crippen molar-refractivity contribution in [1.82, 2.24) is 10.2 Å². The van der Waals surface area contributed by atoms with Crippen LogP contribution in [0.15, 0.2) is 30.3 Å². The van der Waals surface area contributed by atoms with Gasteiger partial charge in [-0.15, -0.1) is 0 Å².